The van der Waals surface area contributed by atoms with Crippen LogP contribution in [0.1, 0.15) is 16.1 Å². The normalized spacial score (nSPS) is 26.1. The SMILES string of the molecule is Cc1cnc2c(Cl)c(C(=O)N3CCN(C)C4CS(=O)(=O)CC43)nn2c1. The number of hydrogen-bond acceptors (Lipinski definition) is 6. The van der Waals surface area contributed by atoms with Crippen molar-refractivity contribution >= 4 is 33.0 Å². The van der Waals surface area contributed by atoms with E-state index < -0.39 is 9.84 Å². The first kappa shape index (κ1) is 16.7. The minimum Gasteiger partial charge on any atom is -0.330 e. The first-order valence-corrected chi connectivity index (χ1v) is 10.2. The third-order valence-electron chi connectivity index (χ3n) is 4.96. The zero-order valence-electron chi connectivity index (χ0n) is 13.9. The molecule has 4 heterocycles. The number of fused-ring (bicyclic) bond motifs is 2. The second kappa shape index (κ2) is 5.65. The molecule has 10 heteroatoms. The van der Waals surface area contributed by atoms with Gasteiger partial charge in [0.25, 0.3) is 5.91 Å². The molecule has 0 radical (unpaired) electrons. The molecule has 0 saturated carbocycles. The number of piperazine rings is 1. The smallest absolute Gasteiger partial charge is 0.276 e. The predicted molar refractivity (Wildman–Crippen MR) is 92.6 cm³/mol. The summed E-state index contributed by atoms with van der Waals surface area (Å²) in [6, 6.07) is -0.550. The van der Waals surface area contributed by atoms with E-state index >= 15 is 0 Å². The third-order valence-corrected chi connectivity index (χ3v) is 7.01. The standard InChI is InChI=1S/C15H18ClN5O3S/c1-9-5-17-14-12(16)13(18-21(14)6-9)15(22)20-4-3-19(2)10-7-25(23,24)8-11(10)20/h5-6,10-11H,3-4,7-8H2,1-2H3. The molecule has 0 aliphatic carbocycles. The van der Waals surface area contributed by atoms with Crippen molar-refractivity contribution in [2.45, 2.75) is 19.0 Å². The Bertz CT molecular complexity index is 973. The lowest BCUT2D eigenvalue weighted by Gasteiger charge is -2.41. The van der Waals surface area contributed by atoms with Gasteiger partial charge in [0, 0.05) is 31.5 Å². The summed E-state index contributed by atoms with van der Waals surface area (Å²) < 4.78 is 25.6. The number of nitrogens with zero attached hydrogens (tertiary/aromatic N) is 5. The average molecular weight is 384 g/mol. The second-order valence-electron chi connectivity index (χ2n) is 6.75. The summed E-state index contributed by atoms with van der Waals surface area (Å²) in [6.45, 7) is 2.94. The van der Waals surface area contributed by atoms with Crippen molar-refractivity contribution in [3.63, 3.8) is 0 Å². The van der Waals surface area contributed by atoms with Gasteiger partial charge in [-0.3, -0.25) is 9.69 Å². The van der Waals surface area contributed by atoms with Gasteiger partial charge in [-0.15, -0.1) is 0 Å². The van der Waals surface area contributed by atoms with Gasteiger partial charge >= 0.3 is 0 Å². The number of aryl methyl sites for hydroxylation is 1. The third kappa shape index (κ3) is 2.70. The first-order chi connectivity index (χ1) is 11.8. The molecule has 2 aromatic rings. The van der Waals surface area contributed by atoms with Crippen LogP contribution in [0.2, 0.25) is 5.02 Å². The topological polar surface area (TPSA) is 87.9 Å². The van der Waals surface area contributed by atoms with Crippen LogP contribution in [0.4, 0.5) is 0 Å². The highest BCUT2D eigenvalue weighted by Gasteiger charge is 2.47. The highest BCUT2D eigenvalue weighted by Crippen LogP contribution is 2.29. The molecule has 2 unspecified atom stereocenters. The summed E-state index contributed by atoms with van der Waals surface area (Å²) in [5, 5.41) is 4.48. The maximum Gasteiger partial charge on any atom is 0.276 e. The molecule has 2 saturated heterocycles. The van der Waals surface area contributed by atoms with E-state index in [-0.39, 0.29) is 40.2 Å². The van der Waals surface area contributed by atoms with Gasteiger partial charge in [-0.25, -0.2) is 17.9 Å². The predicted octanol–water partition coefficient (Wildman–Crippen LogP) is 0.244. The van der Waals surface area contributed by atoms with Gasteiger partial charge in [-0.2, -0.15) is 5.10 Å². The number of likely N-dealkylation sites (N-methyl/N-ethyl adjacent to an activating group) is 1. The molecule has 4 rings (SSSR count). The summed E-state index contributed by atoms with van der Waals surface area (Å²) in [7, 11) is -1.26. The number of aromatic nitrogens is 3. The van der Waals surface area contributed by atoms with Crippen LogP contribution in [0, 0.1) is 6.92 Å². The first-order valence-electron chi connectivity index (χ1n) is 7.99. The maximum absolute atomic E-state index is 13.1. The van der Waals surface area contributed by atoms with Crippen LogP contribution in [-0.4, -0.2) is 82.4 Å². The van der Waals surface area contributed by atoms with Gasteiger partial charge in [0.05, 0.1) is 17.5 Å². The lowest BCUT2D eigenvalue weighted by atomic mass is 10.1. The number of hydrogen-bond donors (Lipinski definition) is 0. The Morgan fingerprint density at radius 1 is 1.28 bits per heavy atom. The quantitative estimate of drug-likeness (QED) is 0.701. The second-order valence-corrected chi connectivity index (χ2v) is 9.28. The minimum absolute atomic E-state index is 0.0178. The Hall–Kier alpha value is -1.71. The van der Waals surface area contributed by atoms with E-state index in [0.29, 0.717) is 18.7 Å². The Balaban J connectivity index is 1.72. The Morgan fingerprint density at radius 2 is 2.00 bits per heavy atom. The van der Waals surface area contributed by atoms with Crippen molar-refractivity contribution in [3.05, 3.63) is 28.7 Å². The fraction of sp³-hybridized carbons (Fsp3) is 0.533. The summed E-state index contributed by atoms with van der Waals surface area (Å²) in [4.78, 5) is 20.9. The number of halogens is 1. The van der Waals surface area contributed by atoms with Crippen LogP contribution in [0.25, 0.3) is 5.65 Å². The number of carbonyl (C=O) groups is 1. The van der Waals surface area contributed by atoms with Crippen LogP contribution in [-0.2, 0) is 9.84 Å². The number of carbonyl (C=O) groups excluding carboxylic acids is 1. The summed E-state index contributed by atoms with van der Waals surface area (Å²) in [6.07, 6.45) is 3.41. The van der Waals surface area contributed by atoms with Crippen molar-refractivity contribution in [1.29, 1.82) is 0 Å². The molecule has 2 aliphatic rings. The van der Waals surface area contributed by atoms with Crippen LogP contribution < -0.4 is 0 Å². The molecule has 0 spiro atoms. The van der Waals surface area contributed by atoms with Crippen LogP contribution in [0.15, 0.2) is 12.4 Å². The molecule has 2 atom stereocenters. The molecular weight excluding hydrogens is 366 g/mol. The zero-order chi connectivity index (χ0) is 17.9. The molecule has 2 aromatic heterocycles. The molecule has 2 fully saturated rings. The van der Waals surface area contributed by atoms with E-state index in [1.807, 2.05) is 18.9 Å². The Kier molecular flexibility index (Phi) is 3.78. The molecule has 2 aliphatic heterocycles. The molecule has 25 heavy (non-hydrogen) atoms. The van der Waals surface area contributed by atoms with Crippen LogP contribution in [0.5, 0.6) is 0 Å². The lowest BCUT2D eigenvalue weighted by Crippen LogP contribution is -2.59. The van der Waals surface area contributed by atoms with E-state index in [0.717, 1.165) is 5.56 Å². The van der Waals surface area contributed by atoms with Gasteiger partial charge in [0.15, 0.2) is 21.2 Å². The Labute approximate surface area is 150 Å². The van der Waals surface area contributed by atoms with Gasteiger partial charge in [0.1, 0.15) is 5.02 Å². The van der Waals surface area contributed by atoms with Gasteiger partial charge in [-0.05, 0) is 19.5 Å². The molecule has 8 nitrogen and oxygen atoms in total. The van der Waals surface area contributed by atoms with E-state index in [1.54, 1.807) is 17.3 Å². The monoisotopic (exact) mass is 383 g/mol. The average Bonchev–Trinajstić information content (AvgIpc) is 3.04. The highest BCUT2D eigenvalue weighted by molar-refractivity contribution is 7.91. The fourth-order valence-corrected chi connectivity index (χ4v) is 5.96. The van der Waals surface area contributed by atoms with Crippen molar-refractivity contribution in [1.82, 2.24) is 24.4 Å². The molecule has 134 valence electrons. The van der Waals surface area contributed by atoms with E-state index in [9.17, 15) is 13.2 Å². The zero-order valence-corrected chi connectivity index (χ0v) is 15.5. The molecule has 0 bridgehead atoms. The molecule has 0 aromatic carbocycles. The summed E-state index contributed by atoms with van der Waals surface area (Å²) in [5.41, 5.74) is 1.43. The maximum atomic E-state index is 13.1. The Morgan fingerprint density at radius 3 is 2.76 bits per heavy atom. The lowest BCUT2D eigenvalue weighted by molar-refractivity contribution is 0.0404. The van der Waals surface area contributed by atoms with Gasteiger partial charge < -0.3 is 4.90 Å². The van der Waals surface area contributed by atoms with Crippen molar-refractivity contribution in [3.8, 4) is 0 Å². The fourth-order valence-electron chi connectivity index (χ4n) is 3.65. The molecular formula is C15H18ClN5O3S. The van der Waals surface area contributed by atoms with Gasteiger partial charge in [-0.1, -0.05) is 11.6 Å². The number of sulfone groups is 1. The van der Waals surface area contributed by atoms with Crippen molar-refractivity contribution in [2.24, 2.45) is 0 Å². The summed E-state index contributed by atoms with van der Waals surface area (Å²) in [5.74, 6) is -0.276. The van der Waals surface area contributed by atoms with E-state index in [2.05, 4.69) is 10.1 Å². The highest BCUT2D eigenvalue weighted by atomic mass is 35.5. The van der Waals surface area contributed by atoms with Crippen LogP contribution in [0.3, 0.4) is 0 Å². The van der Waals surface area contributed by atoms with Crippen LogP contribution >= 0.6 is 11.6 Å². The number of rotatable bonds is 1. The van der Waals surface area contributed by atoms with Crippen molar-refractivity contribution in [2.75, 3.05) is 31.6 Å². The largest absolute Gasteiger partial charge is 0.330 e. The molecule has 1 amide bonds. The summed E-state index contributed by atoms with van der Waals surface area (Å²) >= 11 is 6.33. The minimum atomic E-state index is -3.16. The van der Waals surface area contributed by atoms with Crippen molar-refractivity contribution < 1.29 is 13.2 Å². The number of amides is 1. The van der Waals surface area contributed by atoms with Gasteiger partial charge in [0.2, 0.25) is 0 Å². The molecule has 0 N–H and O–H groups in total. The van der Waals surface area contributed by atoms with E-state index in [1.165, 1.54) is 4.52 Å². The van der Waals surface area contributed by atoms with E-state index in [4.69, 9.17) is 11.6 Å².